The zero-order chi connectivity index (χ0) is 12.3. The molecule has 1 fully saturated rings. The topological polar surface area (TPSA) is 69.6 Å². The van der Waals surface area contributed by atoms with Crippen molar-refractivity contribution < 1.29 is 14.7 Å². The van der Waals surface area contributed by atoms with Crippen LogP contribution in [0.3, 0.4) is 0 Å². The van der Waals surface area contributed by atoms with Crippen LogP contribution in [0.4, 0.5) is 0 Å². The number of hydrogen-bond acceptors (Lipinski definition) is 3. The third-order valence-electron chi connectivity index (χ3n) is 2.98. The molecular weight excluding hydrogens is 208 g/mol. The molecule has 1 unspecified atom stereocenters. The molecule has 0 spiro atoms. The van der Waals surface area contributed by atoms with Crippen molar-refractivity contribution in [1.29, 1.82) is 0 Å². The van der Waals surface area contributed by atoms with Gasteiger partial charge in [-0.1, -0.05) is 6.92 Å². The molecule has 1 saturated heterocycles. The highest BCUT2D eigenvalue weighted by molar-refractivity contribution is 5.87. The second kappa shape index (κ2) is 4.82. The first kappa shape index (κ1) is 13.0. The fourth-order valence-corrected chi connectivity index (χ4v) is 2.15. The van der Waals surface area contributed by atoms with E-state index >= 15 is 0 Å². The van der Waals surface area contributed by atoms with Crippen molar-refractivity contribution in [2.24, 2.45) is 0 Å². The molecule has 0 aromatic heterocycles. The summed E-state index contributed by atoms with van der Waals surface area (Å²) in [5, 5.41) is 11.6. The van der Waals surface area contributed by atoms with Crippen molar-refractivity contribution in [3.8, 4) is 0 Å². The minimum absolute atomic E-state index is 0.130. The van der Waals surface area contributed by atoms with Crippen LogP contribution >= 0.6 is 0 Å². The Bertz CT molecular complexity index is 289. The van der Waals surface area contributed by atoms with Crippen molar-refractivity contribution in [3.63, 3.8) is 0 Å². The van der Waals surface area contributed by atoms with E-state index in [1.165, 1.54) is 0 Å². The van der Waals surface area contributed by atoms with E-state index in [2.05, 4.69) is 5.32 Å². The van der Waals surface area contributed by atoms with Gasteiger partial charge in [0, 0.05) is 12.1 Å². The fraction of sp³-hybridized carbons (Fsp3) is 0.818. The predicted molar refractivity (Wildman–Crippen MR) is 60.1 cm³/mol. The number of carbonyl (C=O) groups is 2. The molecule has 1 aliphatic rings. The average Bonchev–Trinajstić information content (AvgIpc) is 2.17. The highest BCUT2D eigenvalue weighted by Gasteiger charge is 2.41. The minimum atomic E-state index is -0.932. The van der Waals surface area contributed by atoms with Gasteiger partial charge in [-0.25, -0.2) is 0 Å². The van der Waals surface area contributed by atoms with Crippen molar-refractivity contribution in [1.82, 2.24) is 10.2 Å². The Morgan fingerprint density at radius 1 is 1.62 bits per heavy atom. The van der Waals surface area contributed by atoms with Gasteiger partial charge in [0.25, 0.3) is 0 Å². The third-order valence-corrected chi connectivity index (χ3v) is 2.98. The summed E-state index contributed by atoms with van der Waals surface area (Å²) in [4.78, 5) is 24.5. The summed E-state index contributed by atoms with van der Waals surface area (Å²) in [7, 11) is 0. The summed E-state index contributed by atoms with van der Waals surface area (Å²) in [5.74, 6) is -1.10. The van der Waals surface area contributed by atoms with Crippen LogP contribution in [-0.4, -0.2) is 46.6 Å². The molecule has 0 aromatic rings. The molecule has 1 amide bonds. The monoisotopic (exact) mass is 228 g/mol. The smallest absolute Gasteiger partial charge is 0.305 e. The minimum Gasteiger partial charge on any atom is -0.481 e. The highest BCUT2D eigenvalue weighted by atomic mass is 16.4. The summed E-state index contributed by atoms with van der Waals surface area (Å²) in [6, 6.07) is -0.541. The van der Waals surface area contributed by atoms with E-state index in [9.17, 15) is 9.59 Å². The van der Waals surface area contributed by atoms with Crippen molar-refractivity contribution in [2.75, 3.05) is 13.1 Å². The second-order valence-corrected chi connectivity index (χ2v) is 4.84. The molecule has 92 valence electrons. The number of nitrogens with zero attached hydrogens (tertiary/aromatic N) is 1. The summed E-state index contributed by atoms with van der Waals surface area (Å²) in [6.45, 7) is 7.40. The van der Waals surface area contributed by atoms with Crippen LogP contribution in [0, 0.1) is 0 Å². The van der Waals surface area contributed by atoms with Crippen LogP contribution in [0.1, 0.15) is 33.6 Å². The molecule has 5 nitrogen and oxygen atoms in total. The predicted octanol–water partition coefficient (Wildman–Crippen LogP) is 0.450. The lowest BCUT2D eigenvalue weighted by Crippen LogP contribution is -2.65. The maximum atomic E-state index is 11.7. The quantitative estimate of drug-likeness (QED) is 0.733. The largest absolute Gasteiger partial charge is 0.481 e. The summed E-state index contributed by atoms with van der Waals surface area (Å²) in [6.07, 6.45) is 0.780. The summed E-state index contributed by atoms with van der Waals surface area (Å²) < 4.78 is 0. The number of carbonyl (C=O) groups excluding carboxylic acids is 1. The maximum absolute atomic E-state index is 11.7. The Morgan fingerprint density at radius 3 is 2.75 bits per heavy atom. The van der Waals surface area contributed by atoms with Crippen LogP contribution in [0.5, 0.6) is 0 Å². The first-order chi connectivity index (χ1) is 7.38. The number of aliphatic carboxylic acids is 1. The standard InChI is InChI=1S/C11H20N2O3/c1-4-5-13-8(6-9(14)15)10(16)12-7-11(13,2)3/h8H,4-7H2,1-3H3,(H,12,16)(H,14,15). The van der Waals surface area contributed by atoms with E-state index in [0.717, 1.165) is 13.0 Å². The van der Waals surface area contributed by atoms with Gasteiger partial charge in [-0.3, -0.25) is 14.5 Å². The van der Waals surface area contributed by atoms with Crippen molar-refractivity contribution in [2.45, 2.75) is 45.2 Å². The fourth-order valence-electron chi connectivity index (χ4n) is 2.15. The molecule has 16 heavy (non-hydrogen) atoms. The Kier molecular flexibility index (Phi) is 3.91. The van der Waals surface area contributed by atoms with Gasteiger partial charge < -0.3 is 10.4 Å². The van der Waals surface area contributed by atoms with Crippen LogP contribution < -0.4 is 5.32 Å². The van der Waals surface area contributed by atoms with Crippen LogP contribution in [0.25, 0.3) is 0 Å². The SMILES string of the molecule is CCCN1C(CC(=O)O)C(=O)NCC1(C)C. The lowest BCUT2D eigenvalue weighted by molar-refractivity contribution is -0.146. The van der Waals surface area contributed by atoms with Gasteiger partial charge >= 0.3 is 5.97 Å². The van der Waals surface area contributed by atoms with Gasteiger partial charge in [-0.2, -0.15) is 0 Å². The van der Waals surface area contributed by atoms with Gasteiger partial charge in [0.15, 0.2) is 0 Å². The van der Waals surface area contributed by atoms with Crippen molar-refractivity contribution >= 4 is 11.9 Å². The Morgan fingerprint density at radius 2 is 2.25 bits per heavy atom. The first-order valence-electron chi connectivity index (χ1n) is 5.64. The summed E-state index contributed by atoms with van der Waals surface area (Å²) >= 11 is 0. The maximum Gasteiger partial charge on any atom is 0.305 e. The number of piperazine rings is 1. The van der Waals surface area contributed by atoms with Crippen LogP contribution in [0.2, 0.25) is 0 Å². The average molecular weight is 228 g/mol. The number of nitrogens with one attached hydrogen (secondary N) is 1. The van der Waals surface area contributed by atoms with Gasteiger partial charge in [0.1, 0.15) is 6.04 Å². The molecule has 0 radical (unpaired) electrons. The Hall–Kier alpha value is -1.10. The normalized spacial score (nSPS) is 25.2. The lowest BCUT2D eigenvalue weighted by atomic mass is 9.94. The van der Waals surface area contributed by atoms with E-state index in [4.69, 9.17) is 5.11 Å². The van der Waals surface area contributed by atoms with E-state index in [0.29, 0.717) is 6.54 Å². The van der Waals surface area contributed by atoms with E-state index in [1.54, 1.807) is 0 Å². The molecule has 0 aromatic carbocycles. The first-order valence-corrected chi connectivity index (χ1v) is 5.64. The molecule has 5 heteroatoms. The molecule has 2 N–H and O–H groups in total. The zero-order valence-electron chi connectivity index (χ0n) is 10.1. The molecule has 1 atom stereocenters. The van der Waals surface area contributed by atoms with Crippen molar-refractivity contribution in [3.05, 3.63) is 0 Å². The number of rotatable bonds is 4. The molecule has 0 bridgehead atoms. The molecule has 1 rings (SSSR count). The second-order valence-electron chi connectivity index (χ2n) is 4.84. The van der Waals surface area contributed by atoms with Gasteiger partial charge in [0.05, 0.1) is 6.42 Å². The number of carboxylic acids is 1. The highest BCUT2D eigenvalue weighted by Crippen LogP contribution is 2.23. The Balaban J connectivity index is 2.87. The number of hydrogen-bond donors (Lipinski definition) is 2. The van der Waals surface area contributed by atoms with E-state index in [1.807, 2.05) is 25.7 Å². The summed E-state index contributed by atoms with van der Waals surface area (Å²) in [5.41, 5.74) is -0.177. The Labute approximate surface area is 95.8 Å². The van der Waals surface area contributed by atoms with Gasteiger partial charge in [-0.15, -0.1) is 0 Å². The molecular formula is C11H20N2O3. The van der Waals surface area contributed by atoms with Crippen LogP contribution in [0.15, 0.2) is 0 Å². The molecule has 0 aliphatic carbocycles. The van der Waals surface area contributed by atoms with Crippen LogP contribution in [-0.2, 0) is 9.59 Å². The molecule has 0 saturated carbocycles. The van der Waals surface area contributed by atoms with E-state index < -0.39 is 12.0 Å². The van der Waals surface area contributed by atoms with Gasteiger partial charge in [-0.05, 0) is 26.8 Å². The lowest BCUT2D eigenvalue weighted by Gasteiger charge is -2.46. The molecule has 1 aliphatic heterocycles. The van der Waals surface area contributed by atoms with Gasteiger partial charge in [0.2, 0.25) is 5.91 Å². The zero-order valence-corrected chi connectivity index (χ0v) is 10.1. The molecule has 1 heterocycles. The third kappa shape index (κ3) is 2.72. The number of carboxylic acid groups (broad SMARTS) is 1. The number of amides is 1. The van der Waals surface area contributed by atoms with E-state index in [-0.39, 0.29) is 17.9 Å².